The van der Waals surface area contributed by atoms with Crippen molar-refractivity contribution >= 4 is 44.9 Å². The molecule has 3 aromatic carbocycles. The van der Waals surface area contributed by atoms with Gasteiger partial charge in [0.2, 0.25) is 5.91 Å². The maximum atomic E-state index is 13.4. The van der Waals surface area contributed by atoms with Gasteiger partial charge in [0.05, 0.1) is 28.9 Å². The number of ether oxygens (including phenoxy) is 1. The van der Waals surface area contributed by atoms with Gasteiger partial charge in [-0.2, -0.15) is 0 Å². The lowest BCUT2D eigenvalue weighted by atomic mass is 10.2. The van der Waals surface area contributed by atoms with Crippen LogP contribution in [0.3, 0.4) is 0 Å². The summed E-state index contributed by atoms with van der Waals surface area (Å²) in [7, 11) is -2.85. The minimum absolute atomic E-state index is 0.0273. The van der Waals surface area contributed by atoms with E-state index in [4.69, 9.17) is 16.3 Å². The van der Waals surface area contributed by atoms with Crippen LogP contribution in [-0.4, -0.2) is 33.9 Å². The molecule has 0 fully saturated rings. The number of para-hydroxylation sites is 1. The zero-order valence-electron chi connectivity index (χ0n) is 17.4. The number of amides is 1. The zero-order valence-corrected chi connectivity index (χ0v) is 19.0. The summed E-state index contributed by atoms with van der Waals surface area (Å²) in [4.78, 5) is 24.9. The van der Waals surface area contributed by atoms with Crippen LogP contribution in [0.1, 0.15) is 15.9 Å². The van der Waals surface area contributed by atoms with Crippen molar-refractivity contribution in [2.24, 2.45) is 0 Å². The molecule has 3 rings (SSSR count). The first kappa shape index (κ1) is 23.3. The molecular formula is C23H21ClN2O5S. The highest BCUT2D eigenvalue weighted by Crippen LogP contribution is 2.28. The summed E-state index contributed by atoms with van der Waals surface area (Å²) in [5.74, 6) is -1.27. The van der Waals surface area contributed by atoms with Gasteiger partial charge in [-0.05, 0) is 48.9 Å². The second kappa shape index (κ2) is 9.84. The van der Waals surface area contributed by atoms with Gasteiger partial charge in [-0.25, -0.2) is 13.2 Å². The normalized spacial score (nSPS) is 11.0. The molecule has 0 aliphatic carbocycles. The van der Waals surface area contributed by atoms with Gasteiger partial charge >= 0.3 is 5.97 Å². The van der Waals surface area contributed by atoms with E-state index in [1.165, 1.54) is 37.4 Å². The van der Waals surface area contributed by atoms with Crippen molar-refractivity contribution in [2.45, 2.75) is 11.8 Å². The minimum Gasteiger partial charge on any atom is -0.465 e. The second-order valence-electron chi connectivity index (χ2n) is 6.84. The van der Waals surface area contributed by atoms with Gasteiger partial charge in [-0.3, -0.25) is 9.10 Å². The van der Waals surface area contributed by atoms with Crippen LogP contribution in [0, 0.1) is 6.92 Å². The number of benzene rings is 3. The molecule has 7 nitrogen and oxygen atoms in total. The molecular weight excluding hydrogens is 452 g/mol. The van der Waals surface area contributed by atoms with Gasteiger partial charge in [-0.15, -0.1) is 0 Å². The third-order valence-electron chi connectivity index (χ3n) is 4.67. The fourth-order valence-corrected chi connectivity index (χ4v) is 4.58. The average Bonchev–Trinajstić information content (AvgIpc) is 2.79. The number of aryl methyl sites for hydroxylation is 1. The number of halogens is 1. The molecule has 1 amide bonds. The number of esters is 1. The van der Waals surface area contributed by atoms with Crippen LogP contribution in [0.5, 0.6) is 0 Å². The van der Waals surface area contributed by atoms with E-state index >= 15 is 0 Å². The largest absolute Gasteiger partial charge is 0.465 e. The molecule has 0 saturated heterocycles. The van der Waals surface area contributed by atoms with Gasteiger partial charge in [-0.1, -0.05) is 48.0 Å². The number of carbonyl (C=O) groups is 2. The lowest BCUT2D eigenvalue weighted by Crippen LogP contribution is -2.38. The molecule has 3 aromatic rings. The Hall–Kier alpha value is -3.36. The van der Waals surface area contributed by atoms with Crippen LogP contribution in [0.4, 0.5) is 11.4 Å². The predicted molar refractivity (Wildman–Crippen MR) is 124 cm³/mol. The molecule has 166 valence electrons. The Balaban J connectivity index is 1.97. The van der Waals surface area contributed by atoms with Crippen LogP contribution >= 0.6 is 11.6 Å². The second-order valence-corrected chi connectivity index (χ2v) is 9.11. The summed E-state index contributed by atoms with van der Waals surface area (Å²) in [6, 6.07) is 18.8. The SMILES string of the molecule is COC(=O)c1ccccc1NC(=O)CN(c1ccc(C)c(Cl)c1)S(=O)(=O)c1ccccc1. The van der Waals surface area contributed by atoms with Crippen LogP contribution < -0.4 is 9.62 Å². The van der Waals surface area contributed by atoms with Crippen molar-refractivity contribution in [1.29, 1.82) is 0 Å². The molecule has 1 N–H and O–H groups in total. The number of hydrogen-bond acceptors (Lipinski definition) is 5. The summed E-state index contributed by atoms with van der Waals surface area (Å²) < 4.78 is 32.4. The van der Waals surface area contributed by atoms with E-state index in [9.17, 15) is 18.0 Å². The highest BCUT2D eigenvalue weighted by Gasteiger charge is 2.28. The van der Waals surface area contributed by atoms with Gasteiger partial charge in [0.25, 0.3) is 10.0 Å². The molecule has 0 saturated carbocycles. The molecule has 0 aliphatic heterocycles. The van der Waals surface area contributed by atoms with Crippen molar-refractivity contribution in [3.05, 3.63) is 88.9 Å². The molecule has 0 aromatic heterocycles. The van der Waals surface area contributed by atoms with Gasteiger partial charge in [0.15, 0.2) is 0 Å². The fraction of sp³-hybridized carbons (Fsp3) is 0.130. The number of rotatable bonds is 7. The number of sulfonamides is 1. The molecule has 0 spiro atoms. The van der Waals surface area contributed by atoms with E-state index in [-0.39, 0.29) is 21.8 Å². The first-order valence-corrected chi connectivity index (χ1v) is 11.4. The molecule has 9 heteroatoms. The summed E-state index contributed by atoms with van der Waals surface area (Å²) in [5.41, 5.74) is 1.37. The van der Waals surface area contributed by atoms with Crippen molar-refractivity contribution in [3.63, 3.8) is 0 Å². The monoisotopic (exact) mass is 472 g/mol. The van der Waals surface area contributed by atoms with E-state index in [1.54, 1.807) is 49.4 Å². The quantitative estimate of drug-likeness (QED) is 0.518. The van der Waals surface area contributed by atoms with Gasteiger partial charge < -0.3 is 10.1 Å². The van der Waals surface area contributed by atoms with Crippen molar-refractivity contribution in [2.75, 3.05) is 23.3 Å². The maximum Gasteiger partial charge on any atom is 0.339 e. The molecule has 0 bridgehead atoms. The standard InChI is InChI=1S/C23H21ClN2O5S/c1-16-12-13-17(14-20(16)24)26(32(29,30)18-8-4-3-5-9-18)15-22(27)25-21-11-7-6-10-19(21)23(28)31-2/h3-14H,15H2,1-2H3,(H,25,27). The number of carbonyl (C=O) groups excluding carboxylic acids is 2. The third-order valence-corrected chi connectivity index (χ3v) is 6.86. The zero-order chi connectivity index (χ0) is 23.3. The number of hydrogen-bond donors (Lipinski definition) is 1. The third kappa shape index (κ3) is 5.09. The number of nitrogens with one attached hydrogen (secondary N) is 1. The average molecular weight is 473 g/mol. The summed E-state index contributed by atoms with van der Waals surface area (Å²) in [6.07, 6.45) is 0. The smallest absolute Gasteiger partial charge is 0.339 e. The molecule has 0 aliphatic rings. The Morgan fingerprint density at radius 1 is 1.00 bits per heavy atom. The van der Waals surface area contributed by atoms with Crippen LogP contribution in [0.15, 0.2) is 77.7 Å². The van der Waals surface area contributed by atoms with Gasteiger partial charge in [0, 0.05) is 5.02 Å². The summed E-state index contributed by atoms with van der Waals surface area (Å²) >= 11 is 6.22. The number of nitrogens with zero attached hydrogens (tertiary/aromatic N) is 1. The highest BCUT2D eigenvalue weighted by molar-refractivity contribution is 7.92. The fourth-order valence-electron chi connectivity index (χ4n) is 2.97. The Labute approximate surface area is 191 Å². The topological polar surface area (TPSA) is 92.8 Å². The van der Waals surface area contributed by atoms with Crippen molar-refractivity contribution < 1.29 is 22.7 Å². The Kier molecular flexibility index (Phi) is 7.17. The molecule has 0 atom stereocenters. The molecule has 32 heavy (non-hydrogen) atoms. The number of methoxy groups -OCH3 is 1. The summed E-state index contributed by atoms with van der Waals surface area (Å²) in [6.45, 7) is 1.25. The van der Waals surface area contributed by atoms with Crippen LogP contribution in [0.2, 0.25) is 5.02 Å². The Morgan fingerprint density at radius 3 is 2.31 bits per heavy atom. The van der Waals surface area contributed by atoms with E-state index < -0.39 is 28.4 Å². The maximum absolute atomic E-state index is 13.4. The Morgan fingerprint density at radius 2 is 1.66 bits per heavy atom. The lowest BCUT2D eigenvalue weighted by Gasteiger charge is -2.24. The molecule has 0 heterocycles. The molecule has 0 unspecified atom stereocenters. The summed E-state index contributed by atoms with van der Waals surface area (Å²) in [5, 5.41) is 2.96. The van der Waals surface area contributed by atoms with Crippen LogP contribution in [-0.2, 0) is 19.6 Å². The number of anilines is 2. The predicted octanol–water partition coefficient (Wildman–Crippen LogP) is 4.27. The van der Waals surface area contributed by atoms with Gasteiger partial charge in [0.1, 0.15) is 6.54 Å². The minimum atomic E-state index is -4.08. The molecule has 0 radical (unpaired) electrons. The van der Waals surface area contributed by atoms with E-state index in [2.05, 4.69) is 5.32 Å². The Bertz CT molecular complexity index is 1250. The van der Waals surface area contributed by atoms with E-state index in [1.807, 2.05) is 0 Å². The van der Waals surface area contributed by atoms with Crippen molar-refractivity contribution in [1.82, 2.24) is 0 Å². The highest BCUT2D eigenvalue weighted by atomic mass is 35.5. The van der Waals surface area contributed by atoms with Crippen molar-refractivity contribution in [3.8, 4) is 0 Å². The lowest BCUT2D eigenvalue weighted by molar-refractivity contribution is -0.114. The first-order valence-electron chi connectivity index (χ1n) is 9.55. The van der Waals surface area contributed by atoms with E-state index in [0.717, 1.165) is 9.87 Å². The first-order chi connectivity index (χ1) is 15.2. The van der Waals surface area contributed by atoms with Crippen LogP contribution in [0.25, 0.3) is 0 Å². The van der Waals surface area contributed by atoms with E-state index in [0.29, 0.717) is 5.02 Å².